The van der Waals surface area contributed by atoms with Gasteiger partial charge in [0.2, 0.25) is 17.8 Å². The summed E-state index contributed by atoms with van der Waals surface area (Å²) >= 11 is 0. The summed E-state index contributed by atoms with van der Waals surface area (Å²) in [6.45, 7) is 4.78. The first-order valence-electron chi connectivity index (χ1n) is 12.0. The number of aromatic nitrogens is 2. The Morgan fingerprint density at radius 2 is 1.58 bits per heavy atom. The summed E-state index contributed by atoms with van der Waals surface area (Å²) < 4.78 is 0. The number of aryl methyl sites for hydroxylation is 1. The lowest BCUT2D eigenvalue weighted by Crippen LogP contribution is -2.49. The molecule has 1 aromatic heterocycles. The van der Waals surface area contributed by atoms with Crippen molar-refractivity contribution in [3.05, 3.63) is 83.7 Å². The summed E-state index contributed by atoms with van der Waals surface area (Å²) in [7, 11) is 0. The fourth-order valence-corrected chi connectivity index (χ4v) is 4.04. The zero-order valence-corrected chi connectivity index (χ0v) is 20.3. The maximum absolute atomic E-state index is 12.7. The van der Waals surface area contributed by atoms with Crippen LogP contribution in [0.5, 0.6) is 0 Å². The van der Waals surface area contributed by atoms with Crippen LogP contribution in [0.25, 0.3) is 0 Å². The van der Waals surface area contributed by atoms with Crippen LogP contribution in [-0.2, 0) is 16.0 Å². The molecule has 0 bridgehead atoms. The molecule has 2 aromatic carbocycles. The van der Waals surface area contributed by atoms with Crippen molar-refractivity contribution in [1.82, 2.24) is 20.2 Å². The van der Waals surface area contributed by atoms with E-state index < -0.39 is 0 Å². The number of nitrogens with zero attached hydrogens (tertiary/aromatic N) is 4. The zero-order chi connectivity index (χ0) is 25.3. The van der Waals surface area contributed by atoms with Gasteiger partial charge in [0.25, 0.3) is 5.91 Å². The summed E-state index contributed by atoms with van der Waals surface area (Å²) in [5.41, 5.74) is 3.03. The molecule has 3 amide bonds. The monoisotopic (exact) mass is 486 g/mol. The van der Waals surface area contributed by atoms with Crippen molar-refractivity contribution in [3.63, 3.8) is 0 Å². The van der Waals surface area contributed by atoms with Gasteiger partial charge in [-0.15, -0.1) is 0 Å². The lowest BCUT2D eigenvalue weighted by atomic mass is 10.1. The van der Waals surface area contributed by atoms with E-state index in [0.29, 0.717) is 49.8 Å². The molecule has 0 unspecified atom stereocenters. The van der Waals surface area contributed by atoms with Crippen molar-refractivity contribution >= 4 is 29.4 Å². The van der Waals surface area contributed by atoms with E-state index in [1.165, 1.54) is 0 Å². The largest absolute Gasteiger partial charge is 0.352 e. The molecule has 1 aliphatic heterocycles. The maximum atomic E-state index is 12.7. The number of anilines is 2. The van der Waals surface area contributed by atoms with E-state index in [1.54, 1.807) is 36.7 Å². The van der Waals surface area contributed by atoms with Crippen LogP contribution in [0, 0.1) is 6.92 Å². The molecule has 1 fully saturated rings. The van der Waals surface area contributed by atoms with E-state index >= 15 is 0 Å². The van der Waals surface area contributed by atoms with Crippen LogP contribution in [0.2, 0.25) is 0 Å². The minimum atomic E-state index is -0.191. The maximum Gasteiger partial charge on any atom is 0.251 e. The molecule has 0 radical (unpaired) electrons. The number of nitrogens with one attached hydrogen (secondary N) is 2. The highest BCUT2D eigenvalue weighted by Gasteiger charge is 2.22. The third-order valence-corrected chi connectivity index (χ3v) is 6.09. The number of benzene rings is 2. The fraction of sp³-hybridized carbons (Fsp3) is 0.296. The minimum Gasteiger partial charge on any atom is -0.352 e. The molecule has 1 saturated heterocycles. The van der Waals surface area contributed by atoms with Crippen molar-refractivity contribution in [1.29, 1.82) is 0 Å². The van der Waals surface area contributed by atoms with Crippen LogP contribution >= 0.6 is 0 Å². The molecule has 0 spiro atoms. The topological polar surface area (TPSA) is 108 Å². The summed E-state index contributed by atoms with van der Waals surface area (Å²) in [6.07, 6.45) is 3.91. The smallest absolute Gasteiger partial charge is 0.251 e. The van der Waals surface area contributed by atoms with Crippen molar-refractivity contribution in [2.75, 3.05) is 42.9 Å². The molecule has 0 saturated carbocycles. The van der Waals surface area contributed by atoms with Crippen molar-refractivity contribution in [2.24, 2.45) is 0 Å². The molecule has 0 atom stereocenters. The highest BCUT2D eigenvalue weighted by Crippen LogP contribution is 2.14. The Kier molecular flexibility index (Phi) is 8.23. The number of carbonyl (C=O) groups is 3. The Bertz CT molecular complexity index is 1190. The Morgan fingerprint density at radius 3 is 2.28 bits per heavy atom. The van der Waals surface area contributed by atoms with Gasteiger partial charge in [0, 0.05) is 62.8 Å². The first-order chi connectivity index (χ1) is 17.5. The Balaban J connectivity index is 1.18. The normalized spacial score (nSPS) is 13.2. The average Bonchev–Trinajstić information content (AvgIpc) is 2.90. The van der Waals surface area contributed by atoms with E-state index in [-0.39, 0.29) is 30.7 Å². The van der Waals surface area contributed by atoms with Gasteiger partial charge in [-0.2, -0.15) is 0 Å². The first kappa shape index (κ1) is 24.8. The van der Waals surface area contributed by atoms with Crippen molar-refractivity contribution < 1.29 is 14.4 Å². The second-order valence-electron chi connectivity index (χ2n) is 8.66. The van der Waals surface area contributed by atoms with E-state index in [2.05, 4.69) is 25.5 Å². The highest BCUT2D eigenvalue weighted by atomic mass is 16.2. The van der Waals surface area contributed by atoms with Gasteiger partial charge < -0.3 is 20.4 Å². The van der Waals surface area contributed by atoms with Crippen LogP contribution in [0.15, 0.2) is 67.0 Å². The summed E-state index contributed by atoms with van der Waals surface area (Å²) in [6, 6.07) is 16.4. The van der Waals surface area contributed by atoms with Crippen molar-refractivity contribution in [2.45, 2.75) is 19.8 Å². The van der Waals surface area contributed by atoms with Crippen LogP contribution < -0.4 is 15.5 Å². The lowest BCUT2D eigenvalue weighted by Gasteiger charge is -2.34. The molecule has 2 N–H and O–H groups in total. The molecule has 186 valence electrons. The number of carbonyl (C=O) groups excluding carboxylic acids is 3. The number of amides is 3. The Hall–Kier alpha value is -4.27. The summed E-state index contributed by atoms with van der Waals surface area (Å²) in [5.74, 6) is 0.384. The predicted molar refractivity (Wildman–Crippen MR) is 138 cm³/mol. The number of rotatable bonds is 8. The minimum absolute atomic E-state index is 0.0739. The van der Waals surface area contributed by atoms with Gasteiger partial charge >= 0.3 is 0 Å². The molecule has 3 aromatic rings. The van der Waals surface area contributed by atoms with Gasteiger partial charge in [-0.1, -0.05) is 30.3 Å². The van der Waals surface area contributed by atoms with Crippen LogP contribution in [0.4, 0.5) is 11.6 Å². The second kappa shape index (κ2) is 11.9. The molecule has 9 heteroatoms. The molecular weight excluding hydrogens is 456 g/mol. The number of hydrogen-bond donors (Lipinski definition) is 2. The second-order valence-corrected chi connectivity index (χ2v) is 8.66. The van der Waals surface area contributed by atoms with E-state index in [4.69, 9.17) is 0 Å². The fourth-order valence-electron chi connectivity index (χ4n) is 4.04. The third-order valence-electron chi connectivity index (χ3n) is 6.09. The average molecular weight is 487 g/mol. The standard InChI is InChI=1S/C27H30N6O3/c1-20-5-2-3-6-23(20)26(36)28-14-11-24(34)31-22-9-7-21(8-10-22)19-25(35)32-15-17-33(18-16-32)27-29-12-4-13-30-27/h2-10,12-13H,11,14-19H2,1H3,(H,28,36)(H,31,34). The van der Waals surface area contributed by atoms with Gasteiger partial charge in [0.05, 0.1) is 6.42 Å². The van der Waals surface area contributed by atoms with E-state index in [9.17, 15) is 14.4 Å². The molecule has 1 aliphatic rings. The summed E-state index contributed by atoms with van der Waals surface area (Å²) in [4.78, 5) is 49.7. The molecule has 36 heavy (non-hydrogen) atoms. The third kappa shape index (κ3) is 6.65. The molecule has 0 aliphatic carbocycles. The van der Waals surface area contributed by atoms with Gasteiger partial charge in [-0.3, -0.25) is 14.4 Å². The van der Waals surface area contributed by atoms with Crippen LogP contribution in [0.3, 0.4) is 0 Å². The van der Waals surface area contributed by atoms with Crippen LogP contribution in [0.1, 0.15) is 27.9 Å². The molecular formula is C27H30N6O3. The molecule has 9 nitrogen and oxygen atoms in total. The van der Waals surface area contributed by atoms with Crippen LogP contribution in [-0.4, -0.2) is 65.3 Å². The highest BCUT2D eigenvalue weighted by molar-refractivity contribution is 5.96. The van der Waals surface area contributed by atoms with E-state index in [0.717, 1.165) is 11.1 Å². The zero-order valence-electron chi connectivity index (χ0n) is 20.3. The SMILES string of the molecule is Cc1ccccc1C(=O)NCCC(=O)Nc1ccc(CC(=O)N2CCN(c3ncccn3)CC2)cc1. The van der Waals surface area contributed by atoms with Gasteiger partial charge in [0.15, 0.2) is 0 Å². The quantitative estimate of drug-likeness (QED) is 0.507. The Labute approximate surface area is 210 Å². The van der Waals surface area contributed by atoms with E-state index in [1.807, 2.05) is 42.2 Å². The number of hydrogen-bond acceptors (Lipinski definition) is 6. The predicted octanol–water partition coefficient (Wildman–Crippen LogP) is 2.43. The lowest BCUT2D eigenvalue weighted by molar-refractivity contribution is -0.130. The molecule has 4 rings (SSSR count). The Morgan fingerprint density at radius 1 is 0.889 bits per heavy atom. The molecule has 2 heterocycles. The van der Waals surface area contributed by atoms with Gasteiger partial charge in [-0.25, -0.2) is 9.97 Å². The van der Waals surface area contributed by atoms with Gasteiger partial charge in [-0.05, 0) is 42.3 Å². The number of piperazine rings is 1. The summed E-state index contributed by atoms with van der Waals surface area (Å²) in [5, 5.41) is 5.61. The van der Waals surface area contributed by atoms with Gasteiger partial charge in [0.1, 0.15) is 0 Å². The first-order valence-corrected chi connectivity index (χ1v) is 12.0. The van der Waals surface area contributed by atoms with Crippen molar-refractivity contribution in [3.8, 4) is 0 Å².